The summed E-state index contributed by atoms with van der Waals surface area (Å²) in [6.45, 7) is 0.000275. The van der Waals surface area contributed by atoms with Gasteiger partial charge in [0.05, 0.1) is 6.61 Å². The molecule has 0 spiro atoms. The molecule has 0 radical (unpaired) electrons. The van der Waals surface area contributed by atoms with Gasteiger partial charge in [0.15, 0.2) is 6.29 Å². The summed E-state index contributed by atoms with van der Waals surface area (Å²) < 4.78 is 22.0. The van der Waals surface area contributed by atoms with Gasteiger partial charge >= 0.3 is 5.97 Å². The van der Waals surface area contributed by atoms with Gasteiger partial charge in [-0.2, -0.15) is 0 Å². The van der Waals surface area contributed by atoms with E-state index in [2.05, 4.69) is 0 Å². The quantitative estimate of drug-likeness (QED) is 0.782. The van der Waals surface area contributed by atoms with E-state index in [-0.39, 0.29) is 6.61 Å². The highest BCUT2D eigenvalue weighted by atomic mass is 16.9. The van der Waals surface area contributed by atoms with Crippen LogP contribution in [-0.2, 0) is 24.9 Å². The van der Waals surface area contributed by atoms with Gasteiger partial charge < -0.3 is 24.4 Å². The van der Waals surface area contributed by atoms with E-state index in [1.807, 2.05) is 18.2 Å². The first kappa shape index (κ1) is 13.0. The molecule has 6 nitrogen and oxygen atoms in total. The van der Waals surface area contributed by atoms with Crippen LogP contribution in [0.1, 0.15) is 5.56 Å². The van der Waals surface area contributed by atoms with E-state index in [1.165, 1.54) is 7.11 Å². The van der Waals surface area contributed by atoms with Gasteiger partial charge in [-0.05, 0) is 0 Å². The number of fused-ring (bicyclic) bond motifs is 1. The van der Waals surface area contributed by atoms with Crippen molar-refractivity contribution in [2.45, 2.75) is 30.6 Å². The van der Waals surface area contributed by atoms with Gasteiger partial charge in [-0.25, -0.2) is 0 Å². The van der Waals surface area contributed by atoms with E-state index in [1.54, 1.807) is 12.1 Å². The Morgan fingerprint density at radius 1 is 1.21 bits per heavy atom. The van der Waals surface area contributed by atoms with Crippen LogP contribution in [-0.4, -0.2) is 48.5 Å². The van der Waals surface area contributed by atoms with Crippen molar-refractivity contribution in [3.8, 4) is 0 Å². The third kappa shape index (κ3) is 2.06. The molecule has 1 unspecified atom stereocenters. The van der Waals surface area contributed by atoms with E-state index >= 15 is 0 Å². The molecule has 104 valence electrons. The predicted molar refractivity (Wildman–Crippen MR) is 62.8 cm³/mol. The van der Waals surface area contributed by atoms with Gasteiger partial charge in [0.1, 0.15) is 18.3 Å². The number of ether oxygens (including phenoxy) is 4. The SMILES string of the molecule is COC1(c2ccccc2)O[C@H]2OC[C@@H](O)[C@H](O)[C@H]2O1. The summed E-state index contributed by atoms with van der Waals surface area (Å²) >= 11 is 0. The second-order valence-electron chi connectivity index (χ2n) is 4.59. The number of aliphatic hydroxyl groups excluding tert-OH is 2. The van der Waals surface area contributed by atoms with E-state index < -0.39 is 30.6 Å². The molecule has 2 aliphatic rings. The molecule has 2 saturated heterocycles. The van der Waals surface area contributed by atoms with Crippen LogP contribution in [0.15, 0.2) is 30.3 Å². The summed E-state index contributed by atoms with van der Waals surface area (Å²) in [7, 11) is 1.45. The Bertz CT molecular complexity index is 438. The Labute approximate surface area is 110 Å². The number of benzene rings is 1. The summed E-state index contributed by atoms with van der Waals surface area (Å²) in [5.41, 5.74) is 0.664. The van der Waals surface area contributed by atoms with Crippen molar-refractivity contribution in [2.24, 2.45) is 0 Å². The topological polar surface area (TPSA) is 77.4 Å². The second-order valence-corrected chi connectivity index (χ2v) is 4.59. The lowest BCUT2D eigenvalue weighted by atomic mass is 10.1. The first-order chi connectivity index (χ1) is 9.16. The zero-order chi connectivity index (χ0) is 13.5. The standard InChI is InChI=1S/C13H16O6/c1-16-13(8-5-3-2-4-6-8)18-11-10(15)9(14)7-17-12(11)19-13/h2-6,9-12,14-15H,7H2,1H3/t9-,10+,11-,12-,13?/m1/s1. The van der Waals surface area contributed by atoms with Crippen LogP contribution in [0.5, 0.6) is 0 Å². The molecular formula is C13H16O6. The first-order valence-corrected chi connectivity index (χ1v) is 6.10. The zero-order valence-corrected chi connectivity index (χ0v) is 10.4. The Balaban J connectivity index is 1.90. The Kier molecular flexibility index (Phi) is 3.30. The third-order valence-corrected chi connectivity index (χ3v) is 3.39. The van der Waals surface area contributed by atoms with Crippen LogP contribution in [0.3, 0.4) is 0 Å². The molecule has 2 heterocycles. The molecule has 2 N–H and O–H groups in total. The molecule has 2 aliphatic heterocycles. The normalized spacial score (nSPS) is 42.1. The van der Waals surface area contributed by atoms with Crippen LogP contribution in [0.25, 0.3) is 0 Å². The smallest absolute Gasteiger partial charge is 0.314 e. The van der Waals surface area contributed by atoms with Crippen molar-refractivity contribution >= 4 is 0 Å². The highest BCUT2D eigenvalue weighted by molar-refractivity contribution is 5.19. The number of rotatable bonds is 2. The van der Waals surface area contributed by atoms with Crippen molar-refractivity contribution in [1.29, 1.82) is 0 Å². The molecule has 1 aromatic carbocycles. The maximum absolute atomic E-state index is 9.93. The van der Waals surface area contributed by atoms with Gasteiger partial charge in [-0.3, -0.25) is 4.74 Å². The molecule has 19 heavy (non-hydrogen) atoms. The second kappa shape index (κ2) is 4.82. The number of aliphatic hydroxyl groups is 2. The van der Waals surface area contributed by atoms with Crippen LogP contribution in [0, 0.1) is 0 Å². The monoisotopic (exact) mass is 268 g/mol. The lowest BCUT2D eigenvalue weighted by Crippen LogP contribution is -2.51. The molecule has 0 bridgehead atoms. The lowest BCUT2D eigenvalue weighted by molar-refractivity contribution is -0.354. The highest BCUT2D eigenvalue weighted by Gasteiger charge is 2.56. The molecule has 5 atom stereocenters. The molecule has 0 aromatic heterocycles. The third-order valence-electron chi connectivity index (χ3n) is 3.39. The van der Waals surface area contributed by atoms with Crippen molar-refractivity contribution in [3.05, 3.63) is 35.9 Å². The minimum atomic E-state index is -1.42. The van der Waals surface area contributed by atoms with Gasteiger partial charge in [0.2, 0.25) is 0 Å². The zero-order valence-electron chi connectivity index (χ0n) is 10.4. The molecule has 3 rings (SSSR count). The largest absolute Gasteiger partial charge is 0.388 e. The van der Waals surface area contributed by atoms with Crippen molar-refractivity contribution in [3.63, 3.8) is 0 Å². The Morgan fingerprint density at radius 3 is 2.63 bits per heavy atom. The summed E-state index contributed by atoms with van der Waals surface area (Å²) in [5.74, 6) is -1.42. The fourth-order valence-corrected chi connectivity index (χ4v) is 2.35. The van der Waals surface area contributed by atoms with E-state index in [9.17, 15) is 10.2 Å². The molecular weight excluding hydrogens is 252 g/mol. The minimum Gasteiger partial charge on any atom is -0.388 e. The first-order valence-electron chi connectivity index (χ1n) is 6.10. The van der Waals surface area contributed by atoms with Crippen molar-refractivity contribution in [2.75, 3.05) is 13.7 Å². The average Bonchev–Trinajstić information content (AvgIpc) is 2.85. The van der Waals surface area contributed by atoms with Crippen LogP contribution >= 0.6 is 0 Å². The molecule has 2 fully saturated rings. The van der Waals surface area contributed by atoms with Crippen LogP contribution in [0.4, 0.5) is 0 Å². The van der Waals surface area contributed by atoms with E-state index in [0.29, 0.717) is 5.56 Å². The Hall–Kier alpha value is -1.02. The number of methoxy groups -OCH3 is 1. The predicted octanol–water partition coefficient (Wildman–Crippen LogP) is -0.0632. The van der Waals surface area contributed by atoms with Gasteiger partial charge in [0, 0.05) is 12.7 Å². The minimum absolute atomic E-state index is 0.000275. The summed E-state index contributed by atoms with van der Waals surface area (Å²) in [6.07, 6.45) is -3.62. The number of hydrogen-bond acceptors (Lipinski definition) is 6. The fourth-order valence-electron chi connectivity index (χ4n) is 2.35. The molecule has 0 amide bonds. The van der Waals surface area contributed by atoms with Crippen molar-refractivity contribution in [1.82, 2.24) is 0 Å². The highest BCUT2D eigenvalue weighted by Crippen LogP contribution is 2.41. The number of hydrogen-bond donors (Lipinski definition) is 2. The average molecular weight is 268 g/mol. The van der Waals surface area contributed by atoms with E-state index in [0.717, 1.165) is 0 Å². The summed E-state index contributed by atoms with van der Waals surface area (Å²) in [5, 5.41) is 19.5. The van der Waals surface area contributed by atoms with Gasteiger partial charge in [-0.1, -0.05) is 30.3 Å². The van der Waals surface area contributed by atoms with E-state index in [4.69, 9.17) is 18.9 Å². The maximum Gasteiger partial charge on any atom is 0.314 e. The lowest BCUT2D eigenvalue weighted by Gasteiger charge is -2.31. The molecule has 0 saturated carbocycles. The molecule has 6 heteroatoms. The van der Waals surface area contributed by atoms with Crippen LogP contribution in [0.2, 0.25) is 0 Å². The summed E-state index contributed by atoms with van der Waals surface area (Å²) in [6, 6.07) is 9.12. The van der Waals surface area contributed by atoms with Gasteiger partial charge in [-0.15, -0.1) is 0 Å². The van der Waals surface area contributed by atoms with Gasteiger partial charge in [0.25, 0.3) is 0 Å². The maximum atomic E-state index is 9.93. The van der Waals surface area contributed by atoms with Crippen LogP contribution < -0.4 is 0 Å². The summed E-state index contributed by atoms with van der Waals surface area (Å²) in [4.78, 5) is 0. The molecule has 0 aliphatic carbocycles. The van der Waals surface area contributed by atoms with Crippen molar-refractivity contribution < 1.29 is 29.2 Å². The fraction of sp³-hybridized carbons (Fsp3) is 0.538. The Morgan fingerprint density at radius 2 is 1.95 bits per heavy atom. The molecule has 1 aromatic rings.